The number of hydrogen-bond acceptors (Lipinski definition) is 9. The molecule has 0 radical (unpaired) electrons. The van der Waals surface area contributed by atoms with Crippen LogP contribution in [-0.2, 0) is 14.8 Å². The number of halogens is 1. The molecular formula is C22H25FN4O5S3. The number of anilines is 2. The van der Waals surface area contributed by atoms with Gasteiger partial charge in [-0.15, -0.1) is 10.2 Å². The highest BCUT2D eigenvalue weighted by Crippen LogP contribution is 2.32. The van der Waals surface area contributed by atoms with Gasteiger partial charge < -0.3 is 9.47 Å². The maximum atomic E-state index is 13.6. The van der Waals surface area contributed by atoms with Crippen molar-refractivity contribution in [1.29, 1.82) is 0 Å². The minimum absolute atomic E-state index is 0.113. The van der Waals surface area contributed by atoms with Crippen molar-refractivity contribution in [2.75, 3.05) is 36.1 Å². The van der Waals surface area contributed by atoms with E-state index in [9.17, 15) is 17.6 Å². The molecule has 0 saturated heterocycles. The van der Waals surface area contributed by atoms with Gasteiger partial charge in [-0.1, -0.05) is 36.9 Å². The molecule has 35 heavy (non-hydrogen) atoms. The van der Waals surface area contributed by atoms with Gasteiger partial charge in [0.25, 0.3) is 10.0 Å². The van der Waals surface area contributed by atoms with Gasteiger partial charge in [0.2, 0.25) is 11.0 Å². The molecule has 1 heterocycles. The zero-order chi connectivity index (χ0) is 25.6. The Bertz CT molecular complexity index is 1270. The van der Waals surface area contributed by atoms with Crippen LogP contribution in [0.1, 0.15) is 13.8 Å². The van der Waals surface area contributed by atoms with Crippen LogP contribution in [0.25, 0.3) is 0 Å². The minimum Gasteiger partial charge on any atom is -0.493 e. The number of nitrogens with zero attached hydrogens (tertiary/aromatic N) is 3. The Morgan fingerprint density at radius 2 is 1.80 bits per heavy atom. The first-order valence-corrected chi connectivity index (χ1v) is 13.6. The van der Waals surface area contributed by atoms with Crippen molar-refractivity contribution >= 4 is 49.8 Å². The summed E-state index contributed by atoms with van der Waals surface area (Å²) in [6.45, 7) is 3.59. The van der Waals surface area contributed by atoms with Gasteiger partial charge >= 0.3 is 0 Å². The Kier molecular flexibility index (Phi) is 8.92. The van der Waals surface area contributed by atoms with E-state index in [0.29, 0.717) is 16.0 Å². The molecule has 0 fully saturated rings. The summed E-state index contributed by atoms with van der Waals surface area (Å²) in [5, 5.41) is 10.8. The van der Waals surface area contributed by atoms with Crippen molar-refractivity contribution in [3.8, 4) is 11.5 Å². The SMILES string of the molecule is COc1ccc(S(=O)(=O)N(CC(=O)Nc2nnc(SCC(C)C)s2)c2ccc(F)cc2)cc1OC. The third-order valence-electron chi connectivity index (χ3n) is 4.54. The van der Waals surface area contributed by atoms with E-state index in [1.807, 2.05) is 0 Å². The quantitative estimate of drug-likeness (QED) is 0.284. The highest BCUT2D eigenvalue weighted by atomic mass is 32.2. The van der Waals surface area contributed by atoms with Crippen LogP contribution in [0.4, 0.5) is 15.2 Å². The molecule has 188 valence electrons. The summed E-state index contributed by atoms with van der Waals surface area (Å²) in [4.78, 5) is 12.7. The number of thioether (sulfide) groups is 1. The molecule has 0 unspecified atom stereocenters. The van der Waals surface area contributed by atoms with Gasteiger partial charge in [0, 0.05) is 11.8 Å². The van der Waals surface area contributed by atoms with Gasteiger partial charge in [-0.25, -0.2) is 12.8 Å². The lowest BCUT2D eigenvalue weighted by atomic mass is 10.3. The maximum Gasteiger partial charge on any atom is 0.264 e. The van der Waals surface area contributed by atoms with E-state index in [0.717, 1.165) is 22.2 Å². The topological polar surface area (TPSA) is 111 Å². The second-order valence-electron chi connectivity index (χ2n) is 7.63. The predicted molar refractivity (Wildman–Crippen MR) is 135 cm³/mol. The summed E-state index contributed by atoms with van der Waals surface area (Å²) in [5.74, 6) is 0.701. The average Bonchev–Trinajstić information content (AvgIpc) is 3.28. The number of nitrogens with one attached hydrogen (secondary N) is 1. The number of methoxy groups -OCH3 is 2. The molecule has 0 aliphatic heterocycles. The van der Waals surface area contributed by atoms with E-state index in [1.165, 1.54) is 67.7 Å². The van der Waals surface area contributed by atoms with E-state index in [-0.39, 0.29) is 21.5 Å². The van der Waals surface area contributed by atoms with Crippen LogP contribution in [0.2, 0.25) is 0 Å². The van der Waals surface area contributed by atoms with E-state index >= 15 is 0 Å². The number of ether oxygens (including phenoxy) is 2. The molecule has 1 aromatic heterocycles. The van der Waals surface area contributed by atoms with Crippen LogP contribution >= 0.6 is 23.1 Å². The molecule has 2 aromatic carbocycles. The largest absolute Gasteiger partial charge is 0.493 e. The minimum atomic E-state index is -4.25. The van der Waals surface area contributed by atoms with Gasteiger partial charge in [0.1, 0.15) is 12.4 Å². The molecule has 0 spiro atoms. The Morgan fingerprint density at radius 1 is 1.11 bits per heavy atom. The molecule has 3 aromatic rings. The molecule has 0 atom stereocenters. The molecule has 1 N–H and O–H groups in total. The van der Waals surface area contributed by atoms with Crippen LogP contribution in [-0.4, -0.2) is 51.0 Å². The number of aromatic nitrogens is 2. The van der Waals surface area contributed by atoms with Crippen molar-refractivity contribution in [3.05, 3.63) is 48.3 Å². The predicted octanol–water partition coefficient (Wildman–Crippen LogP) is 4.28. The fourth-order valence-electron chi connectivity index (χ4n) is 2.87. The molecule has 0 saturated carbocycles. The van der Waals surface area contributed by atoms with Gasteiger partial charge in [-0.3, -0.25) is 14.4 Å². The van der Waals surface area contributed by atoms with E-state index < -0.39 is 28.3 Å². The third-order valence-corrected chi connectivity index (χ3v) is 8.71. The summed E-state index contributed by atoms with van der Waals surface area (Å²) >= 11 is 2.73. The second-order valence-corrected chi connectivity index (χ2v) is 11.7. The Morgan fingerprint density at radius 3 is 2.43 bits per heavy atom. The molecule has 0 aliphatic rings. The highest BCUT2D eigenvalue weighted by Gasteiger charge is 2.29. The highest BCUT2D eigenvalue weighted by molar-refractivity contribution is 8.01. The zero-order valence-corrected chi connectivity index (χ0v) is 22.0. The molecule has 1 amide bonds. The number of hydrogen-bond donors (Lipinski definition) is 1. The first-order valence-electron chi connectivity index (χ1n) is 10.4. The molecule has 0 aliphatic carbocycles. The van der Waals surface area contributed by atoms with E-state index in [2.05, 4.69) is 29.4 Å². The summed E-state index contributed by atoms with van der Waals surface area (Å²) < 4.78 is 52.6. The normalized spacial score (nSPS) is 11.4. The first kappa shape index (κ1) is 26.7. The first-order chi connectivity index (χ1) is 16.6. The molecular weight excluding hydrogens is 515 g/mol. The van der Waals surface area contributed by atoms with E-state index in [4.69, 9.17) is 9.47 Å². The maximum absolute atomic E-state index is 13.6. The number of rotatable bonds is 11. The lowest BCUT2D eigenvalue weighted by Gasteiger charge is -2.24. The van der Waals surface area contributed by atoms with Gasteiger partial charge in [-0.05, 0) is 42.3 Å². The molecule has 9 nitrogen and oxygen atoms in total. The Labute approximate surface area is 211 Å². The zero-order valence-electron chi connectivity index (χ0n) is 19.5. The van der Waals surface area contributed by atoms with Gasteiger partial charge in [0.15, 0.2) is 15.8 Å². The van der Waals surface area contributed by atoms with Gasteiger partial charge in [0.05, 0.1) is 24.8 Å². The summed E-state index contributed by atoms with van der Waals surface area (Å²) in [7, 11) is -1.43. The smallest absolute Gasteiger partial charge is 0.264 e. The second kappa shape index (κ2) is 11.7. The molecule has 13 heteroatoms. The van der Waals surface area contributed by atoms with Crippen molar-refractivity contribution in [3.63, 3.8) is 0 Å². The number of benzene rings is 2. The lowest BCUT2D eigenvalue weighted by molar-refractivity contribution is -0.114. The fourth-order valence-corrected chi connectivity index (χ4v) is 6.05. The fraction of sp³-hybridized carbons (Fsp3) is 0.318. The van der Waals surface area contributed by atoms with E-state index in [1.54, 1.807) is 0 Å². The standard InChI is InChI=1S/C22H25FN4O5S3/c1-14(2)13-33-22-26-25-21(34-22)24-20(28)12-27(16-7-5-15(23)6-8-16)35(29,30)17-9-10-18(31-3)19(11-17)32-4/h5-11,14H,12-13H2,1-4H3,(H,24,25,28). The molecule has 0 bridgehead atoms. The van der Waals surface area contributed by atoms with Crippen LogP contribution in [0, 0.1) is 11.7 Å². The van der Waals surface area contributed by atoms with Crippen molar-refractivity contribution < 1.29 is 27.1 Å². The monoisotopic (exact) mass is 540 g/mol. The van der Waals surface area contributed by atoms with Crippen LogP contribution in [0.3, 0.4) is 0 Å². The van der Waals surface area contributed by atoms with Crippen LogP contribution < -0.4 is 19.1 Å². The van der Waals surface area contributed by atoms with Crippen molar-refractivity contribution in [2.24, 2.45) is 5.92 Å². The molecule has 3 rings (SSSR count). The lowest BCUT2D eigenvalue weighted by Crippen LogP contribution is -2.38. The summed E-state index contributed by atoms with van der Waals surface area (Å²) in [6, 6.07) is 8.89. The third kappa shape index (κ3) is 6.83. The number of carbonyl (C=O) groups is 1. The Hall–Kier alpha value is -2.90. The number of sulfonamides is 1. The van der Waals surface area contributed by atoms with Crippen molar-refractivity contribution in [2.45, 2.75) is 23.1 Å². The summed E-state index contributed by atoms with van der Waals surface area (Å²) in [6.07, 6.45) is 0. The average molecular weight is 541 g/mol. The van der Waals surface area contributed by atoms with Crippen LogP contribution in [0.5, 0.6) is 11.5 Å². The number of carbonyl (C=O) groups excluding carboxylic acids is 1. The number of amides is 1. The van der Waals surface area contributed by atoms with Crippen LogP contribution in [0.15, 0.2) is 51.7 Å². The van der Waals surface area contributed by atoms with Gasteiger partial charge in [-0.2, -0.15) is 0 Å². The Balaban J connectivity index is 1.88. The summed E-state index contributed by atoms with van der Waals surface area (Å²) in [5.41, 5.74) is 0.113. The van der Waals surface area contributed by atoms with Crippen molar-refractivity contribution in [1.82, 2.24) is 10.2 Å².